The van der Waals surface area contributed by atoms with Crippen LogP contribution in [-0.4, -0.2) is 5.91 Å². The minimum Gasteiger partial charge on any atom is -0.329 e. The third-order valence-corrected chi connectivity index (χ3v) is 2.88. The van der Waals surface area contributed by atoms with Crippen LogP contribution in [0.1, 0.15) is 15.2 Å². The third-order valence-electron chi connectivity index (χ3n) is 2.04. The largest absolute Gasteiger partial charge is 0.329 e. The van der Waals surface area contributed by atoms with Crippen LogP contribution >= 0.6 is 11.3 Å². The fraction of sp³-hybridized carbons (Fsp3) is 0. The van der Waals surface area contributed by atoms with Gasteiger partial charge in [0.2, 0.25) is 0 Å². The number of benzene rings is 1. The van der Waals surface area contributed by atoms with Gasteiger partial charge in [-0.1, -0.05) is 24.3 Å². The molecule has 0 radical (unpaired) electrons. The molecule has 0 saturated carbocycles. The first kappa shape index (κ1) is 10.6. The Labute approximate surface area is 98.2 Å². The van der Waals surface area contributed by atoms with Gasteiger partial charge in [0, 0.05) is 16.6 Å². The van der Waals surface area contributed by atoms with Crippen molar-refractivity contribution < 1.29 is 4.79 Å². The van der Waals surface area contributed by atoms with Gasteiger partial charge >= 0.3 is 0 Å². The Morgan fingerprint density at radius 2 is 1.94 bits per heavy atom. The number of thiophene rings is 1. The normalized spacial score (nSPS) is 10.5. The van der Waals surface area contributed by atoms with Gasteiger partial charge in [-0.2, -0.15) is 0 Å². The van der Waals surface area contributed by atoms with Crippen molar-refractivity contribution >= 4 is 23.3 Å². The number of amides is 1. The quantitative estimate of drug-likeness (QED) is 0.860. The van der Waals surface area contributed by atoms with Gasteiger partial charge in [0.1, 0.15) is 0 Å². The van der Waals surface area contributed by atoms with E-state index >= 15 is 0 Å². The molecule has 80 valence electrons. The van der Waals surface area contributed by atoms with Crippen molar-refractivity contribution in [2.75, 3.05) is 0 Å². The maximum Gasteiger partial charge on any atom is 0.255 e. The second-order valence-electron chi connectivity index (χ2n) is 3.19. The van der Waals surface area contributed by atoms with E-state index in [-0.39, 0.29) is 5.91 Å². The lowest BCUT2D eigenvalue weighted by molar-refractivity contribution is 0.0970. The minimum absolute atomic E-state index is 0.0894. The Hall–Kier alpha value is -1.87. The van der Waals surface area contributed by atoms with Crippen molar-refractivity contribution in [2.24, 2.45) is 0 Å². The van der Waals surface area contributed by atoms with E-state index in [2.05, 4.69) is 5.32 Å². The maximum atomic E-state index is 11.6. The van der Waals surface area contributed by atoms with Gasteiger partial charge < -0.3 is 5.32 Å². The molecule has 1 aromatic carbocycles. The van der Waals surface area contributed by atoms with Crippen LogP contribution in [0.25, 0.3) is 6.08 Å². The third kappa shape index (κ3) is 2.81. The molecule has 2 aromatic rings. The first-order chi connectivity index (χ1) is 7.86. The van der Waals surface area contributed by atoms with Crippen molar-refractivity contribution in [3.8, 4) is 0 Å². The minimum atomic E-state index is -0.0894. The molecule has 1 heterocycles. The SMILES string of the molecule is O=C(N/C=C\c1cccs1)c1ccccc1. The number of carbonyl (C=O) groups is 1. The summed E-state index contributed by atoms with van der Waals surface area (Å²) in [5.74, 6) is -0.0894. The van der Waals surface area contributed by atoms with Crippen molar-refractivity contribution in [1.82, 2.24) is 5.32 Å². The van der Waals surface area contributed by atoms with E-state index in [4.69, 9.17) is 0 Å². The summed E-state index contributed by atoms with van der Waals surface area (Å²) in [7, 11) is 0. The fourth-order valence-corrected chi connectivity index (χ4v) is 1.88. The zero-order chi connectivity index (χ0) is 11.2. The molecule has 0 aliphatic carbocycles. The first-order valence-electron chi connectivity index (χ1n) is 4.92. The van der Waals surface area contributed by atoms with Gasteiger partial charge in [-0.15, -0.1) is 11.3 Å². The molecule has 1 amide bonds. The van der Waals surface area contributed by atoms with E-state index in [0.717, 1.165) is 4.88 Å². The van der Waals surface area contributed by atoms with Crippen LogP contribution in [0.2, 0.25) is 0 Å². The summed E-state index contributed by atoms with van der Waals surface area (Å²) in [6.07, 6.45) is 3.55. The molecule has 1 aromatic heterocycles. The first-order valence-corrected chi connectivity index (χ1v) is 5.80. The van der Waals surface area contributed by atoms with E-state index in [1.54, 1.807) is 29.7 Å². The highest BCUT2D eigenvalue weighted by atomic mass is 32.1. The number of hydrogen-bond donors (Lipinski definition) is 1. The lowest BCUT2D eigenvalue weighted by Crippen LogP contribution is -2.16. The smallest absolute Gasteiger partial charge is 0.255 e. The highest BCUT2D eigenvalue weighted by Gasteiger charge is 2.00. The highest BCUT2D eigenvalue weighted by molar-refractivity contribution is 7.10. The van der Waals surface area contributed by atoms with Crippen LogP contribution in [0, 0.1) is 0 Å². The standard InChI is InChI=1S/C13H11NOS/c15-13(11-5-2-1-3-6-11)14-9-8-12-7-4-10-16-12/h1-10H,(H,14,15)/b9-8-. The van der Waals surface area contributed by atoms with Gasteiger partial charge in [-0.3, -0.25) is 4.79 Å². The predicted molar refractivity (Wildman–Crippen MR) is 67.3 cm³/mol. The second-order valence-corrected chi connectivity index (χ2v) is 4.17. The summed E-state index contributed by atoms with van der Waals surface area (Å²) in [6, 6.07) is 13.1. The molecular weight excluding hydrogens is 218 g/mol. The molecule has 2 nitrogen and oxygen atoms in total. The Morgan fingerprint density at radius 3 is 2.62 bits per heavy atom. The zero-order valence-corrected chi connectivity index (χ0v) is 9.41. The monoisotopic (exact) mass is 229 g/mol. The molecule has 0 unspecified atom stereocenters. The second kappa shape index (κ2) is 5.28. The molecule has 0 spiro atoms. The predicted octanol–water partition coefficient (Wildman–Crippen LogP) is 3.15. The molecule has 3 heteroatoms. The molecule has 2 rings (SSSR count). The zero-order valence-electron chi connectivity index (χ0n) is 8.59. The van der Waals surface area contributed by atoms with E-state index in [1.165, 1.54) is 0 Å². The van der Waals surface area contributed by atoms with Crippen LogP contribution in [-0.2, 0) is 0 Å². The van der Waals surface area contributed by atoms with E-state index in [9.17, 15) is 4.79 Å². The summed E-state index contributed by atoms with van der Waals surface area (Å²) in [4.78, 5) is 12.7. The van der Waals surface area contributed by atoms with Crippen molar-refractivity contribution in [1.29, 1.82) is 0 Å². The average molecular weight is 229 g/mol. The van der Waals surface area contributed by atoms with Gasteiger partial charge in [0.25, 0.3) is 5.91 Å². The molecule has 16 heavy (non-hydrogen) atoms. The fourth-order valence-electron chi connectivity index (χ4n) is 1.26. The summed E-state index contributed by atoms with van der Waals surface area (Å²) >= 11 is 1.63. The highest BCUT2D eigenvalue weighted by Crippen LogP contribution is 2.09. The topological polar surface area (TPSA) is 29.1 Å². The maximum absolute atomic E-state index is 11.6. The number of carbonyl (C=O) groups excluding carboxylic acids is 1. The van der Waals surface area contributed by atoms with Crippen LogP contribution < -0.4 is 5.32 Å². The molecular formula is C13H11NOS. The van der Waals surface area contributed by atoms with Crippen LogP contribution in [0.15, 0.2) is 54.0 Å². The average Bonchev–Trinajstić information content (AvgIpc) is 2.83. The van der Waals surface area contributed by atoms with Crippen molar-refractivity contribution in [3.63, 3.8) is 0 Å². The lowest BCUT2D eigenvalue weighted by Gasteiger charge is -1.98. The van der Waals surface area contributed by atoms with Gasteiger partial charge in [0.05, 0.1) is 0 Å². The van der Waals surface area contributed by atoms with E-state index in [0.29, 0.717) is 5.56 Å². The Bertz CT molecular complexity index is 474. The number of hydrogen-bond acceptors (Lipinski definition) is 2. The number of rotatable bonds is 3. The van der Waals surface area contributed by atoms with Crippen LogP contribution in [0.3, 0.4) is 0 Å². The molecule has 0 aliphatic rings. The molecule has 0 fully saturated rings. The Kier molecular flexibility index (Phi) is 3.51. The Morgan fingerprint density at radius 1 is 1.12 bits per heavy atom. The summed E-state index contributed by atoms with van der Waals surface area (Å²) < 4.78 is 0. The van der Waals surface area contributed by atoms with Crippen molar-refractivity contribution in [3.05, 3.63) is 64.5 Å². The number of nitrogens with one attached hydrogen (secondary N) is 1. The summed E-state index contributed by atoms with van der Waals surface area (Å²) in [5.41, 5.74) is 0.665. The molecule has 1 N–H and O–H groups in total. The van der Waals surface area contributed by atoms with Gasteiger partial charge in [-0.25, -0.2) is 0 Å². The van der Waals surface area contributed by atoms with Crippen LogP contribution in [0.5, 0.6) is 0 Å². The van der Waals surface area contributed by atoms with Gasteiger partial charge in [0.15, 0.2) is 0 Å². The molecule has 0 bridgehead atoms. The van der Waals surface area contributed by atoms with E-state index < -0.39 is 0 Å². The molecule has 0 saturated heterocycles. The molecule has 0 atom stereocenters. The lowest BCUT2D eigenvalue weighted by atomic mass is 10.2. The Balaban J connectivity index is 1.94. The summed E-state index contributed by atoms with van der Waals surface area (Å²) in [6.45, 7) is 0. The van der Waals surface area contributed by atoms with Crippen molar-refractivity contribution in [2.45, 2.75) is 0 Å². The summed E-state index contributed by atoms with van der Waals surface area (Å²) in [5, 5.41) is 4.72. The molecule has 0 aliphatic heterocycles. The van der Waals surface area contributed by atoms with E-state index in [1.807, 2.05) is 41.8 Å². The van der Waals surface area contributed by atoms with Gasteiger partial charge in [-0.05, 0) is 29.7 Å². The van der Waals surface area contributed by atoms with Crippen LogP contribution in [0.4, 0.5) is 0 Å².